The van der Waals surface area contributed by atoms with Crippen LogP contribution in [0.25, 0.3) is 0 Å². The lowest BCUT2D eigenvalue weighted by molar-refractivity contribution is -0.384. The summed E-state index contributed by atoms with van der Waals surface area (Å²) >= 11 is 0. The van der Waals surface area contributed by atoms with Crippen molar-refractivity contribution in [1.82, 2.24) is 0 Å². The molecule has 110 valence electrons. The van der Waals surface area contributed by atoms with Crippen molar-refractivity contribution in [2.24, 2.45) is 0 Å². The van der Waals surface area contributed by atoms with Crippen molar-refractivity contribution in [3.63, 3.8) is 0 Å². The summed E-state index contributed by atoms with van der Waals surface area (Å²) < 4.78 is 37.9. The summed E-state index contributed by atoms with van der Waals surface area (Å²) in [5, 5.41) is 10.5. The highest BCUT2D eigenvalue weighted by atomic mass is 32.2. The summed E-state index contributed by atoms with van der Waals surface area (Å²) in [6.07, 6.45) is 0. The van der Waals surface area contributed by atoms with Crippen molar-refractivity contribution in [3.8, 4) is 0 Å². The minimum Gasteiger partial charge on any atom is -0.399 e. The van der Waals surface area contributed by atoms with Crippen LogP contribution < -0.4 is 5.73 Å². The largest absolute Gasteiger partial charge is 0.399 e. The molecule has 0 spiro atoms. The monoisotopic (exact) mass is 310 g/mol. The fourth-order valence-corrected chi connectivity index (χ4v) is 3.20. The van der Waals surface area contributed by atoms with Crippen molar-refractivity contribution in [1.29, 1.82) is 0 Å². The number of nitrogens with two attached hydrogens (primary N) is 1. The van der Waals surface area contributed by atoms with Gasteiger partial charge in [-0.15, -0.1) is 0 Å². The summed E-state index contributed by atoms with van der Waals surface area (Å²) in [7, 11) is -3.89. The first-order valence-corrected chi connectivity index (χ1v) is 7.46. The third-order valence-electron chi connectivity index (χ3n) is 2.79. The van der Waals surface area contributed by atoms with Crippen LogP contribution in [0.1, 0.15) is 5.56 Å². The molecule has 0 aliphatic rings. The molecule has 0 aliphatic heterocycles. The summed E-state index contributed by atoms with van der Waals surface area (Å²) in [5.74, 6) is -1.37. The second-order valence-electron chi connectivity index (χ2n) is 4.37. The zero-order valence-corrected chi connectivity index (χ0v) is 11.5. The SMILES string of the molecule is Nc1ccc(S(=O)(=O)Cc2ccc([N+](=O)[O-])cc2)c(F)c1. The number of hydrogen-bond acceptors (Lipinski definition) is 5. The first-order valence-electron chi connectivity index (χ1n) is 5.81. The van der Waals surface area contributed by atoms with Crippen molar-refractivity contribution in [3.05, 3.63) is 64.0 Å². The summed E-state index contributed by atoms with van der Waals surface area (Å²) in [5.41, 5.74) is 5.68. The molecule has 21 heavy (non-hydrogen) atoms. The van der Waals surface area contributed by atoms with Crippen molar-refractivity contribution in [2.75, 3.05) is 5.73 Å². The van der Waals surface area contributed by atoms with E-state index in [1.807, 2.05) is 0 Å². The van der Waals surface area contributed by atoms with E-state index in [0.29, 0.717) is 5.56 Å². The molecule has 0 amide bonds. The molecule has 2 aromatic carbocycles. The number of halogens is 1. The van der Waals surface area contributed by atoms with Crippen LogP contribution in [0, 0.1) is 15.9 Å². The number of nitro groups is 1. The van der Waals surface area contributed by atoms with Crippen molar-refractivity contribution < 1.29 is 17.7 Å². The van der Waals surface area contributed by atoms with Gasteiger partial charge in [-0.1, -0.05) is 12.1 Å². The molecule has 0 fully saturated rings. The van der Waals surface area contributed by atoms with Gasteiger partial charge in [0, 0.05) is 17.8 Å². The van der Waals surface area contributed by atoms with Gasteiger partial charge in [0.2, 0.25) is 0 Å². The minimum atomic E-state index is -3.89. The number of benzene rings is 2. The van der Waals surface area contributed by atoms with Crippen molar-refractivity contribution in [2.45, 2.75) is 10.6 Å². The number of nitrogens with zero attached hydrogens (tertiary/aromatic N) is 1. The summed E-state index contributed by atoms with van der Waals surface area (Å²) in [6.45, 7) is 0. The maximum Gasteiger partial charge on any atom is 0.269 e. The molecule has 0 bridgehead atoms. The molecule has 0 saturated heterocycles. The molecule has 0 atom stereocenters. The average molecular weight is 310 g/mol. The van der Waals surface area contributed by atoms with E-state index < -0.39 is 31.2 Å². The van der Waals surface area contributed by atoms with Crippen LogP contribution in [0.2, 0.25) is 0 Å². The van der Waals surface area contributed by atoms with E-state index in [4.69, 9.17) is 5.73 Å². The molecule has 8 heteroatoms. The molecule has 0 saturated carbocycles. The van der Waals surface area contributed by atoms with Crippen LogP contribution in [0.15, 0.2) is 47.4 Å². The Morgan fingerprint density at radius 2 is 1.76 bits per heavy atom. The minimum absolute atomic E-state index is 0.127. The van der Waals surface area contributed by atoms with Crippen LogP contribution in [0.3, 0.4) is 0 Å². The van der Waals surface area contributed by atoms with Crippen LogP contribution in [0.4, 0.5) is 15.8 Å². The lowest BCUT2D eigenvalue weighted by Crippen LogP contribution is -2.07. The van der Waals surface area contributed by atoms with Crippen LogP contribution >= 0.6 is 0 Å². The first-order chi connectivity index (χ1) is 9.79. The molecule has 0 radical (unpaired) electrons. The van der Waals surface area contributed by atoms with E-state index in [-0.39, 0.29) is 11.4 Å². The number of nitrogen functional groups attached to an aromatic ring is 1. The second kappa shape index (κ2) is 5.49. The summed E-state index contributed by atoms with van der Waals surface area (Å²) in [6, 6.07) is 8.38. The molecule has 0 aromatic heterocycles. The zero-order chi connectivity index (χ0) is 15.6. The molecule has 0 aliphatic carbocycles. The smallest absolute Gasteiger partial charge is 0.269 e. The number of sulfone groups is 1. The molecular weight excluding hydrogens is 299 g/mol. The van der Waals surface area contributed by atoms with Crippen LogP contribution in [0.5, 0.6) is 0 Å². The third-order valence-corrected chi connectivity index (χ3v) is 4.51. The standard InChI is InChI=1S/C13H11FN2O4S/c14-12-7-10(15)3-6-13(12)21(19,20)8-9-1-4-11(5-2-9)16(17)18/h1-7H,8,15H2. The van der Waals surface area contributed by atoms with Gasteiger partial charge < -0.3 is 5.73 Å². The molecule has 0 unspecified atom stereocenters. The average Bonchev–Trinajstić information content (AvgIpc) is 2.38. The Bertz CT molecular complexity index is 788. The number of nitro benzene ring substituents is 1. The van der Waals surface area contributed by atoms with Crippen LogP contribution in [-0.4, -0.2) is 13.3 Å². The van der Waals surface area contributed by atoms with Crippen LogP contribution in [-0.2, 0) is 15.6 Å². The molecule has 2 N–H and O–H groups in total. The van der Waals surface area contributed by atoms with Gasteiger partial charge >= 0.3 is 0 Å². The van der Waals surface area contributed by atoms with Gasteiger partial charge in [0.25, 0.3) is 5.69 Å². The van der Waals surface area contributed by atoms with Gasteiger partial charge in [0.15, 0.2) is 9.84 Å². The molecule has 2 aromatic rings. The number of anilines is 1. The normalized spacial score (nSPS) is 11.3. The Labute approximate surface area is 120 Å². The molecule has 2 rings (SSSR count). The summed E-state index contributed by atoms with van der Waals surface area (Å²) in [4.78, 5) is 9.49. The number of non-ortho nitro benzene ring substituents is 1. The molecule has 0 heterocycles. The second-order valence-corrected chi connectivity index (χ2v) is 6.33. The van der Waals surface area contributed by atoms with Gasteiger partial charge in [-0.25, -0.2) is 12.8 Å². The Kier molecular flexibility index (Phi) is 3.90. The fraction of sp³-hybridized carbons (Fsp3) is 0.0769. The van der Waals surface area contributed by atoms with Gasteiger partial charge in [0.05, 0.1) is 10.7 Å². The van der Waals surface area contributed by atoms with Gasteiger partial charge in [-0.2, -0.15) is 0 Å². The van der Waals surface area contributed by atoms with Gasteiger partial charge in [-0.05, 0) is 23.8 Å². The van der Waals surface area contributed by atoms with Crippen molar-refractivity contribution >= 4 is 21.2 Å². The highest BCUT2D eigenvalue weighted by molar-refractivity contribution is 7.90. The van der Waals surface area contributed by atoms with E-state index in [1.165, 1.54) is 30.3 Å². The molecule has 6 nitrogen and oxygen atoms in total. The van der Waals surface area contributed by atoms with E-state index in [1.54, 1.807) is 0 Å². The quantitative estimate of drug-likeness (QED) is 0.530. The van der Waals surface area contributed by atoms with E-state index >= 15 is 0 Å². The number of rotatable bonds is 4. The predicted molar refractivity (Wildman–Crippen MR) is 74.8 cm³/mol. The van der Waals surface area contributed by atoms with Gasteiger partial charge in [0.1, 0.15) is 10.7 Å². The Morgan fingerprint density at radius 1 is 1.14 bits per heavy atom. The third kappa shape index (κ3) is 3.34. The zero-order valence-electron chi connectivity index (χ0n) is 10.7. The Balaban J connectivity index is 2.30. The maximum atomic E-state index is 13.7. The lowest BCUT2D eigenvalue weighted by atomic mass is 10.2. The van der Waals surface area contributed by atoms with E-state index in [9.17, 15) is 22.9 Å². The number of hydrogen-bond donors (Lipinski definition) is 1. The highest BCUT2D eigenvalue weighted by Gasteiger charge is 2.20. The fourth-order valence-electron chi connectivity index (χ4n) is 1.78. The lowest BCUT2D eigenvalue weighted by Gasteiger charge is -2.06. The molecular formula is C13H11FN2O4S. The van der Waals surface area contributed by atoms with E-state index in [2.05, 4.69) is 0 Å². The Hall–Kier alpha value is -2.48. The maximum absolute atomic E-state index is 13.7. The van der Waals surface area contributed by atoms with E-state index in [0.717, 1.165) is 12.1 Å². The highest BCUT2D eigenvalue weighted by Crippen LogP contribution is 2.22. The first kappa shape index (κ1) is 14.9. The topological polar surface area (TPSA) is 103 Å². The van der Waals surface area contributed by atoms with Gasteiger partial charge in [-0.3, -0.25) is 10.1 Å². The predicted octanol–water partition coefficient (Wildman–Crippen LogP) is 2.29. The Morgan fingerprint density at radius 3 is 2.29 bits per heavy atom.